The summed E-state index contributed by atoms with van der Waals surface area (Å²) in [4.78, 5) is 42.5. The number of thiocarbonyl (C=S) groups is 1. The van der Waals surface area contributed by atoms with E-state index in [9.17, 15) is 22.8 Å². The van der Waals surface area contributed by atoms with E-state index >= 15 is 0 Å². The molecule has 3 aliphatic rings. The van der Waals surface area contributed by atoms with Crippen LogP contribution in [0.2, 0.25) is 0 Å². The molecule has 0 spiro atoms. The maximum atomic E-state index is 13.5. The highest BCUT2D eigenvalue weighted by Crippen LogP contribution is 2.45. The summed E-state index contributed by atoms with van der Waals surface area (Å²) in [6.45, 7) is 0.248. The number of para-hydroxylation sites is 1. The van der Waals surface area contributed by atoms with Crippen LogP contribution in [0.4, 0.5) is 5.69 Å². The molecule has 2 fully saturated rings. The zero-order valence-electron chi connectivity index (χ0n) is 19.2. The highest BCUT2D eigenvalue weighted by atomic mass is 32.2. The molecule has 0 radical (unpaired) electrons. The Balaban J connectivity index is 1.36. The van der Waals surface area contributed by atoms with Crippen molar-refractivity contribution in [3.05, 3.63) is 70.6 Å². The number of carbonyl (C=O) groups excluding carboxylic acids is 3. The fourth-order valence-electron chi connectivity index (χ4n) is 4.67. The SMILES string of the molecule is O=C(CN1C(=O)/C(=C2\SC(=S)N([C@@H]3CCS(=O)(=O)C3)C2=O)c2ccccc21)NCCc1ccccc1. The largest absolute Gasteiger partial charge is 0.354 e. The topological polar surface area (TPSA) is 104 Å². The van der Waals surface area contributed by atoms with Crippen molar-refractivity contribution in [3.8, 4) is 0 Å². The molecule has 0 aliphatic carbocycles. The highest BCUT2D eigenvalue weighted by Gasteiger charge is 2.46. The summed E-state index contributed by atoms with van der Waals surface area (Å²) in [5.41, 5.74) is 2.40. The Labute approximate surface area is 218 Å². The molecule has 36 heavy (non-hydrogen) atoms. The van der Waals surface area contributed by atoms with Gasteiger partial charge in [0.1, 0.15) is 10.9 Å². The summed E-state index contributed by atoms with van der Waals surface area (Å²) in [6, 6.07) is 16.2. The molecule has 5 rings (SSSR count). The number of fused-ring (bicyclic) bond motifs is 1. The number of carbonyl (C=O) groups is 3. The van der Waals surface area contributed by atoms with Crippen molar-refractivity contribution in [1.82, 2.24) is 10.2 Å². The number of benzene rings is 2. The second kappa shape index (κ2) is 9.79. The lowest BCUT2D eigenvalue weighted by molar-refractivity contribution is -0.123. The number of nitrogens with zero attached hydrogens (tertiary/aromatic N) is 2. The van der Waals surface area contributed by atoms with E-state index in [4.69, 9.17) is 12.2 Å². The monoisotopic (exact) mass is 541 g/mol. The van der Waals surface area contributed by atoms with Gasteiger partial charge in [0.2, 0.25) is 5.91 Å². The summed E-state index contributed by atoms with van der Waals surface area (Å²) in [7, 11) is -3.22. The molecule has 0 bridgehead atoms. The number of sulfone groups is 1. The lowest BCUT2D eigenvalue weighted by atomic mass is 10.1. The van der Waals surface area contributed by atoms with E-state index in [1.807, 2.05) is 30.3 Å². The van der Waals surface area contributed by atoms with Crippen LogP contribution in [0, 0.1) is 0 Å². The molecule has 0 unspecified atom stereocenters. The maximum Gasteiger partial charge on any atom is 0.267 e. The molecule has 8 nitrogen and oxygen atoms in total. The number of hydrogen-bond acceptors (Lipinski definition) is 7. The molecular weight excluding hydrogens is 518 g/mol. The standard InChI is InChI=1S/C25H23N3O5S3/c29-20(26-12-10-16-6-2-1-3-7-16)14-27-19-9-5-4-8-18(19)21(23(27)30)22-24(31)28(25(34)35-22)17-11-13-36(32,33)15-17/h1-9,17H,10-15H2,(H,26,29)/b22-21-/t17-/m1/s1. The van der Waals surface area contributed by atoms with Crippen LogP contribution in [0.3, 0.4) is 0 Å². The molecule has 2 saturated heterocycles. The molecule has 2 aromatic rings. The second-order valence-corrected chi connectivity index (χ2v) is 12.7. The maximum absolute atomic E-state index is 13.5. The number of nitrogens with one attached hydrogen (secondary N) is 1. The number of amides is 3. The van der Waals surface area contributed by atoms with Gasteiger partial charge in [-0.2, -0.15) is 0 Å². The normalized spacial score (nSPS) is 22.9. The summed E-state index contributed by atoms with van der Waals surface area (Å²) < 4.78 is 24.2. The fraction of sp³-hybridized carbons (Fsp3) is 0.280. The van der Waals surface area contributed by atoms with Gasteiger partial charge in [0.15, 0.2) is 9.84 Å². The lowest BCUT2D eigenvalue weighted by Gasteiger charge is -2.21. The molecule has 186 valence electrons. The number of thioether (sulfide) groups is 1. The quantitative estimate of drug-likeness (QED) is 0.442. The minimum Gasteiger partial charge on any atom is -0.354 e. The van der Waals surface area contributed by atoms with Crippen molar-refractivity contribution in [2.24, 2.45) is 0 Å². The van der Waals surface area contributed by atoms with Crippen molar-refractivity contribution in [2.45, 2.75) is 18.9 Å². The van der Waals surface area contributed by atoms with Crippen LogP contribution in [0.15, 0.2) is 59.5 Å². The van der Waals surface area contributed by atoms with Gasteiger partial charge in [0, 0.05) is 12.1 Å². The van der Waals surface area contributed by atoms with Gasteiger partial charge in [-0.3, -0.25) is 24.2 Å². The number of anilines is 1. The first-order valence-electron chi connectivity index (χ1n) is 11.5. The van der Waals surface area contributed by atoms with Gasteiger partial charge in [-0.15, -0.1) is 0 Å². The van der Waals surface area contributed by atoms with Crippen LogP contribution >= 0.6 is 24.0 Å². The molecular formula is C25H23N3O5S3. The van der Waals surface area contributed by atoms with Crippen molar-refractivity contribution in [1.29, 1.82) is 0 Å². The van der Waals surface area contributed by atoms with Crippen molar-refractivity contribution >= 4 is 67.1 Å². The summed E-state index contributed by atoms with van der Waals surface area (Å²) in [6.07, 6.45) is 0.985. The molecule has 0 aromatic heterocycles. The van der Waals surface area contributed by atoms with Crippen molar-refractivity contribution in [3.63, 3.8) is 0 Å². The van der Waals surface area contributed by atoms with Gasteiger partial charge in [0.25, 0.3) is 11.8 Å². The Hall–Kier alpha value is -3.02. The second-order valence-electron chi connectivity index (χ2n) is 8.80. The van der Waals surface area contributed by atoms with E-state index in [-0.39, 0.29) is 38.8 Å². The first-order chi connectivity index (χ1) is 17.2. The van der Waals surface area contributed by atoms with Gasteiger partial charge < -0.3 is 5.32 Å². The molecule has 1 atom stereocenters. The van der Waals surface area contributed by atoms with E-state index in [2.05, 4.69) is 5.32 Å². The van der Waals surface area contributed by atoms with Crippen LogP contribution in [0.5, 0.6) is 0 Å². The van der Waals surface area contributed by atoms with Gasteiger partial charge >= 0.3 is 0 Å². The van der Waals surface area contributed by atoms with Gasteiger partial charge in [-0.25, -0.2) is 8.42 Å². The molecule has 11 heteroatoms. The van der Waals surface area contributed by atoms with E-state index in [0.717, 1.165) is 17.3 Å². The van der Waals surface area contributed by atoms with E-state index in [0.29, 0.717) is 30.6 Å². The minimum absolute atomic E-state index is 0.00948. The Kier molecular flexibility index (Phi) is 6.71. The summed E-state index contributed by atoms with van der Waals surface area (Å²) >= 11 is 6.43. The smallest absolute Gasteiger partial charge is 0.267 e. The van der Waals surface area contributed by atoms with E-state index < -0.39 is 27.7 Å². The van der Waals surface area contributed by atoms with Crippen molar-refractivity contribution in [2.75, 3.05) is 29.5 Å². The number of rotatable bonds is 6. The predicted octanol–water partition coefficient (Wildman–Crippen LogP) is 2.15. The van der Waals surface area contributed by atoms with E-state index in [1.165, 1.54) is 9.80 Å². The fourth-order valence-corrected chi connectivity index (χ4v) is 7.84. The highest BCUT2D eigenvalue weighted by molar-refractivity contribution is 8.26. The van der Waals surface area contributed by atoms with Crippen LogP contribution in [-0.2, 0) is 30.6 Å². The third-order valence-electron chi connectivity index (χ3n) is 6.40. The molecule has 0 saturated carbocycles. The van der Waals surface area contributed by atoms with Gasteiger partial charge in [-0.1, -0.05) is 72.5 Å². The molecule has 2 aromatic carbocycles. The first kappa shape index (κ1) is 24.7. The third-order valence-corrected chi connectivity index (χ3v) is 9.55. The first-order valence-corrected chi connectivity index (χ1v) is 14.5. The summed E-state index contributed by atoms with van der Waals surface area (Å²) in [5.74, 6) is -1.34. The Bertz CT molecular complexity index is 1410. The minimum atomic E-state index is -3.22. The molecule has 3 aliphatic heterocycles. The Morgan fingerprint density at radius 3 is 2.50 bits per heavy atom. The van der Waals surface area contributed by atoms with Crippen LogP contribution in [-0.4, -0.2) is 66.0 Å². The van der Waals surface area contributed by atoms with Crippen LogP contribution in [0.25, 0.3) is 5.57 Å². The van der Waals surface area contributed by atoms with Crippen LogP contribution in [0.1, 0.15) is 17.5 Å². The van der Waals surface area contributed by atoms with Gasteiger partial charge in [0.05, 0.1) is 33.7 Å². The lowest BCUT2D eigenvalue weighted by Crippen LogP contribution is -2.40. The van der Waals surface area contributed by atoms with Crippen LogP contribution < -0.4 is 10.2 Å². The Morgan fingerprint density at radius 2 is 1.78 bits per heavy atom. The number of hydrogen-bond donors (Lipinski definition) is 1. The molecule has 3 heterocycles. The average Bonchev–Trinajstić information content (AvgIpc) is 3.44. The zero-order chi connectivity index (χ0) is 25.4. The van der Waals surface area contributed by atoms with Crippen molar-refractivity contribution < 1.29 is 22.8 Å². The summed E-state index contributed by atoms with van der Waals surface area (Å²) in [5, 5.41) is 2.85. The van der Waals surface area contributed by atoms with Gasteiger partial charge in [-0.05, 0) is 24.5 Å². The van der Waals surface area contributed by atoms with E-state index in [1.54, 1.807) is 24.3 Å². The molecule has 3 amide bonds. The predicted molar refractivity (Wildman–Crippen MR) is 143 cm³/mol. The molecule has 1 N–H and O–H groups in total. The average molecular weight is 542 g/mol. The zero-order valence-corrected chi connectivity index (χ0v) is 21.6. The Morgan fingerprint density at radius 1 is 1.06 bits per heavy atom. The third kappa shape index (κ3) is 4.70.